The van der Waals surface area contributed by atoms with E-state index in [4.69, 9.17) is 0 Å². The summed E-state index contributed by atoms with van der Waals surface area (Å²) in [5.74, 6) is 0. The van der Waals surface area contributed by atoms with Crippen LogP contribution in [0.15, 0.2) is 35.5 Å². The lowest BCUT2D eigenvalue weighted by atomic mass is 10.2. The highest BCUT2D eigenvalue weighted by Gasteiger charge is 2.23. The molecule has 0 bridgehead atoms. The minimum atomic E-state index is -3.48. The maximum atomic E-state index is 12.6. The largest absolute Gasteiger partial charge is 0.275 e. The normalized spacial score (nSPS) is 12.1. The van der Waals surface area contributed by atoms with Gasteiger partial charge in [0.1, 0.15) is 0 Å². The van der Waals surface area contributed by atoms with Crippen molar-refractivity contribution in [3.8, 4) is 0 Å². The van der Waals surface area contributed by atoms with Gasteiger partial charge in [-0.05, 0) is 31.0 Å². The lowest BCUT2D eigenvalue weighted by molar-refractivity contribution is 0.466. The third-order valence-corrected chi connectivity index (χ3v) is 5.14. The zero-order valence-electron chi connectivity index (χ0n) is 12.2. The third-order valence-electron chi connectivity index (χ3n) is 3.20. The standard InChI is InChI=1S/C14H19N3O2S/c1-11-5-6-12(2)14(7-11)20(18,19)17(4)10-13-8-15-16(3)9-13/h5-9H,10H2,1-4H3. The smallest absolute Gasteiger partial charge is 0.243 e. The molecule has 1 heterocycles. The molecule has 1 aromatic carbocycles. The van der Waals surface area contributed by atoms with E-state index in [1.54, 1.807) is 24.0 Å². The predicted octanol–water partition coefficient (Wildman–Crippen LogP) is 1.86. The van der Waals surface area contributed by atoms with Crippen molar-refractivity contribution in [2.24, 2.45) is 7.05 Å². The second-order valence-corrected chi connectivity index (χ2v) is 7.07. The fourth-order valence-electron chi connectivity index (χ4n) is 2.05. The topological polar surface area (TPSA) is 55.2 Å². The van der Waals surface area contributed by atoms with Gasteiger partial charge in [0.15, 0.2) is 0 Å². The number of nitrogens with zero attached hydrogens (tertiary/aromatic N) is 3. The van der Waals surface area contributed by atoms with Crippen LogP contribution in [0.2, 0.25) is 0 Å². The van der Waals surface area contributed by atoms with Crippen molar-refractivity contribution < 1.29 is 8.42 Å². The summed E-state index contributed by atoms with van der Waals surface area (Å²) in [5, 5.41) is 4.05. The number of sulfonamides is 1. The maximum Gasteiger partial charge on any atom is 0.243 e. The summed E-state index contributed by atoms with van der Waals surface area (Å²) >= 11 is 0. The first-order valence-corrected chi connectivity index (χ1v) is 7.76. The van der Waals surface area contributed by atoms with Crippen molar-refractivity contribution in [1.82, 2.24) is 14.1 Å². The minimum absolute atomic E-state index is 0.309. The first-order chi connectivity index (χ1) is 9.30. The Balaban J connectivity index is 2.32. The summed E-state index contributed by atoms with van der Waals surface area (Å²) in [4.78, 5) is 0.365. The van der Waals surface area contributed by atoms with Crippen LogP contribution in [-0.2, 0) is 23.6 Å². The van der Waals surface area contributed by atoms with Crippen LogP contribution >= 0.6 is 0 Å². The van der Waals surface area contributed by atoms with Gasteiger partial charge in [-0.3, -0.25) is 4.68 Å². The Morgan fingerprint density at radius 1 is 1.30 bits per heavy atom. The molecule has 0 unspecified atom stereocenters. The Morgan fingerprint density at radius 3 is 2.60 bits per heavy atom. The van der Waals surface area contributed by atoms with Crippen molar-refractivity contribution >= 4 is 10.0 Å². The first kappa shape index (κ1) is 14.7. The molecule has 0 N–H and O–H groups in total. The zero-order valence-corrected chi connectivity index (χ0v) is 13.0. The SMILES string of the molecule is Cc1ccc(C)c(S(=O)(=O)N(C)Cc2cnn(C)c2)c1. The van der Waals surface area contributed by atoms with Gasteiger partial charge < -0.3 is 0 Å². The van der Waals surface area contributed by atoms with Gasteiger partial charge in [-0.25, -0.2) is 8.42 Å². The molecule has 2 rings (SSSR count). The first-order valence-electron chi connectivity index (χ1n) is 6.32. The number of aryl methyl sites for hydroxylation is 3. The van der Waals surface area contributed by atoms with E-state index in [1.807, 2.05) is 39.2 Å². The van der Waals surface area contributed by atoms with Crippen LogP contribution < -0.4 is 0 Å². The van der Waals surface area contributed by atoms with Crippen LogP contribution in [0.25, 0.3) is 0 Å². The highest BCUT2D eigenvalue weighted by atomic mass is 32.2. The fraction of sp³-hybridized carbons (Fsp3) is 0.357. The number of benzene rings is 1. The molecule has 20 heavy (non-hydrogen) atoms. The molecule has 6 heteroatoms. The molecule has 0 amide bonds. The van der Waals surface area contributed by atoms with E-state index in [9.17, 15) is 8.42 Å². The lowest BCUT2D eigenvalue weighted by Gasteiger charge is -2.18. The molecule has 0 saturated heterocycles. The molecular weight excluding hydrogens is 274 g/mol. The Hall–Kier alpha value is -1.66. The molecule has 0 atom stereocenters. The van der Waals surface area contributed by atoms with Gasteiger partial charge in [0.25, 0.3) is 0 Å². The molecule has 5 nitrogen and oxygen atoms in total. The molecule has 0 radical (unpaired) electrons. The summed E-state index contributed by atoms with van der Waals surface area (Å²) in [5.41, 5.74) is 2.56. The summed E-state index contributed by atoms with van der Waals surface area (Å²) in [6.45, 7) is 4.01. The Kier molecular flexibility index (Phi) is 3.96. The highest BCUT2D eigenvalue weighted by Crippen LogP contribution is 2.21. The van der Waals surface area contributed by atoms with E-state index in [0.29, 0.717) is 11.4 Å². The third kappa shape index (κ3) is 2.91. The molecule has 108 valence electrons. The van der Waals surface area contributed by atoms with Gasteiger partial charge in [0.05, 0.1) is 11.1 Å². The average Bonchev–Trinajstić information content (AvgIpc) is 2.77. The van der Waals surface area contributed by atoms with E-state index >= 15 is 0 Å². The molecule has 0 aliphatic rings. The highest BCUT2D eigenvalue weighted by molar-refractivity contribution is 7.89. The van der Waals surface area contributed by atoms with Crippen LogP contribution in [0.5, 0.6) is 0 Å². The molecule has 0 aliphatic carbocycles. The van der Waals surface area contributed by atoms with Gasteiger partial charge in [0, 0.05) is 32.4 Å². The van der Waals surface area contributed by atoms with Crippen LogP contribution in [0.4, 0.5) is 0 Å². The van der Waals surface area contributed by atoms with Crippen molar-refractivity contribution in [1.29, 1.82) is 0 Å². The van der Waals surface area contributed by atoms with E-state index < -0.39 is 10.0 Å². The Labute approximate surface area is 119 Å². The van der Waals surface area contributed by atoms with Crippen LogP contribution in [-0.4, -0.2) is 29.6 Å². The van der Waals surface area contributed by atoms with Gasteiger partial charge in [0.2, 0.25) is 10.0 Å². The minimum Gasteiger partial charge on any atom is -0.275 e. The summed E-state index contributed by atoms with van der Waals surface area (Å²) in [7, 11) is -0.0891. The van der Waals surface area contributed by atoms with E-state index in [0.717, 1.165) is 16.7 Å². The Bertz CT molecular complexity index is 720. The number of hydrogen-bond acceptors (Lipinski definition) is 3. The van der Waals surface area contributed by atoms with Crippen LogP contribution in [0, 0.1) is 13.8 Å². The van der Waals surface area contributed by atoms with Crippen molar-refractivity contribution in [2.75, 3.05) is 7.05 Å². The zero-order chi connectivity index (χ0) is 14.9. The van der Waals surface area contributed by atoms with Crippen molar-refractivity contribution in [3.63, 3.8) is 0 Å². The molecule has 1 aromatic heterocycles. The molecular formula is C14H19N3O2S. The number of hydrogen-bond donors (Lipinski definition) is 0. The Morgan fingerprint density at radius 2 is 2.00 bits per heavy atom. The van der Waals surface area contributed by atoms with E-state index in [2.05, 4.69) is 5.10 Å². The monoisotopic (exact) mass is 293 g/mol. The predicted molar refractivity (Wildman–Crippen MR) is 77.8 cm³/mol. The van der Waals surface area contributed by atoms with Crippen LogP contribution in [0.1, 0.15) is 16.7 Å². The second-order valence-electron chi connectivity index (χ2n) is 5.05. The van der Waals surface area contributed by atoms with Gasteiger partial charge in [-0.1, -0.05) is 12.1 Å². The molecule has 0 spiro atoms. The van der Waals surface area contributed by atoms with Crippen LogP contribution in [0.3, 0.4) is 0 Å². The van der Waals surface area contributed by atoms with E-state index in [1.165, 1.54) is 4.31 Å². The van der Waals surface area contributed by atoms with E-state index in [-0.39, 0.29) is 0 Å². The number of rotatable bonds is 4. The molecule has 0 fully saturated rings. The molecule has 0 aliphatic heterocycles. The maximum absolute atomic E-state index is 12.6. The number of aromatic nitrogens is 2. The fourth-order valence-corrected chi connectivity index (χ4v) is 3.51. The summed E-state index contributed by atoms with van der Waals surface area (Å²) < 4.78 is 28.2. The summed E-state index contributed by atoms with van der Waals surface area (Å²) in [6.07, 6.45) is 3.49. The lowest BCUT2D eigenvalue weighted by Crippen LogP contribution is -2.27. The summed E-state index contributed by atoms with van der Waals surface area (Å²) in [6, 6.07) is 5.46. The van der Waals surface area contributed by atoms with Crippen molar-refractivity contribution in [3.05, 3.63) is 47.3 Å². The quantitative estimate of drug-likeness (QED) is 0.864. The molecule has 2 aromatic rings. The molecule has 0 saturated carbocycles. The average molecular weight is 293 g/mol. The van der Waals surface area contributed by atoms with Gasteiger partial charge >= 0.3 is 0 Å². The van der Waals surface area contributed by atoms with Gasteiger partial charge in [-0.2, -0.15) is 9.40 Å². The van der Waals surface area contributed by atoms with Gasteiger partial charge in [-0.15, -0.1) is 0 Å². The van der Waals surface area contributed by atoms with Crippen molar-refractivity contribution in [2.45, 2.75) is 25.3 Å². The second kappa shape index (κ2) is 5.38.